The van der Waals surface area contributed by atoms with E-state index in [9.17, 15) is 9.59 Å². The highest BCUT2D eigenvalue weighted by Crippen LogP contribution is 2.24. The minimum atomic E-state index is -0.309. The van der Waals surface area contributed by atoms with Crippen LogP contribution in [0.1, 0.15) is 25.3 Å². The third-order valence-electron chi connectivity index (χ3n) is 3.87. The van der Waals surface area contributed by atoms with Gasteiger partial charge < -0.3 is 10.6 Å². The van der Waals surface area contributed by atoms with Gasteiger partial charge in [0, 0.05) is 23.9 Å². The number of nitrogens with zero attached hydrogens (tertiary/aromatic N) is 1. The molecule has 2 rings (SSSR count). The number of carbonyl (C=O) groups is 2. The highest BCUT2D eigenvalue weighted by atomic mass is 35.5. The second-order valence-electron chi connectivity index (χ2n) is 5.61. The van der Waals surface area contributed by atoms with Crippen molar-refractivity contribution in [1.82, 2.24) is 4.90 Å². The summed E-state index contributed by atoms with van der Waals surface area (Å²) >= 11 is 7.55. The van der Waals surface area contributed by atoms with Crippen molar-refractivity contribution in [3.8, 4) is 0 Å². The van der Waals surface area contributed by atoms with Gasteiger partial charge in [-0.05, 0) is 37.5 Å². The minimum absolute atomic E-state index is 0.0815. The summed E-state index contributed by atoms with van der Waals surface area (Å²) in [5.41, 5.74) is 6.46. The van der Waals surface area contributed by atoms with E-state index >= 15 is 0 Å². The number of halogens is 1. The van der Waals surface area contributed by atoms with E-state index in [0.29, 0.717) is 18.1 Å². The summed E-state index contributed by atoms with van der Waals surface area (Å²) in [6.45, 7) is 3.08. The number of nitrogens with two attached hydrogens (primary N) is 1. The summed E-state index contributed by atoms with van der Waals surface area (Å²) in [4.78, 5) is 25.6. The molecule has 2 amide bonds. The Labute approximate surface area is 140 Å². The van der Waals surface area contributed by atoms with Crippen molar-refractivity contribution in [1.29, 1.82) is 0 Å². The molecule has 0 spiro atoms. The van der Waals surface area contributed by atoms with Gasteiger partial charge in [0.05, 0.1) is 11.2 Å². The van der Waals surface area contributed by atoms with Gasteiger partial charge in [0.25, 0.3) is 0 Å². The summed E-state index contributed by atoms with van der Waals surface area (Å²) in [5.74, 6) is 0.304. The fourth-order valence-corrected chi connectivity index (χ4v) is 3.71. The molecular weight excluding hydrogens is 320 g/mol. The molecule has 1 aliphatic rings. The number of rotatable bonds is 5. The lowest BCUT2D eigenvalue weighted by molar-refractivity contribution is -0.134. The molecule has 6 heteroatoms. The normalized spacial score (nSPS) is 19.7. The van der Waals surface area contributed by atoms with Gasteiger partial charge >= 0.3 is 0 Å². The van der Waals surface area contributed by atoms with Gasteiger partial charge in [-0.15, -0.1) is 11.8 Å². The molecule has 0 saturated carbocycles. The Balaban J connectivity index is 1.87. The van der Waals surface area contributed by atoms with Gasteiger partial charge in [-0.25, -0.2) is 0 Å². The summed E-state index contributed by atoms with van der Waals surface area (Å²) in [7, 11) is 0. The molecule has 1 saturated heterocycles. The van der Waals surface area contributed by atoms with Gasteiger partial charge in [-0.2, -0.15) is 0 Å². The van der Waals surface area contributed by atoms with Crippen LogP contribution in [-0.2, 0) is 15.3 Å². The average molecular weight is 341 g/mol. The number of amides is 2. The van der Waals surface area contributed by atoms with E-state index in [4.69, 9.17) is 17.3 Å². The summed E-state index contributed by atoms with van der Waals surface area (Å²) in [5, 5.41) is 0.558. The van der Waals surface area contributed by atoms with Crippen molar-refractivity contribution in [2.75, 3.05) is 13.1 Å². The maximum Gasteiger partial charge on any atom is 0.235 e. The van der Waals surface area contributed by atoms with Crippen LogP contribution in [-0.4, -0.2) is 35.1 Å². The van der Waals surface area contributed by atoms with Gasteiger partial charge in [0.15, 0.2) is 0 Å². The fraction of sp³-hybridized carbons (Fsp3) is 0.500. The van der Waals surface area contributed by atoms with Crippen LogP contribution in [0.3, 0.4) is 0 Å². The Morgan fingerprint density at radius 1 is 1.50 bits per heavy atom. The first-order chi connectivity index (χ1) is 10.5. The largest absolute Gasteiger partial charge is 0.369 e. The highest BCUT2D eigenvalue weighted by molar-refractivity contribution is 7.99. The van der Waals surface area contributed by atoms with E-state index in [1.54, 1.807) is 16.7 Å². The standard InChI is InChI=1S/C16H21ClN2O2S/c1-11(22-10-12-4-2-6-14(17)8-12)16(21)19-7-3-5-13(9-19)15(18)20/h2,4,6,8,11,13H,3,5,7,9-10H2,1H3,(H2,18,20). The van der Waals surface area contributed by atoms with E-state index in [-0.39, 0.29) is 23.0 Å². The van der Waals surface area contributed by atoms with Crippen molar-refractivity contribution in [2.24, 2.45) is 11.7 Å². The zero-order valence-corrected chi connectivity index (χ0v) is 14.2. The Kier molecular flexibility index (Phi) is 6.15. The molecule has 1 heterocycles. The molecule has 22 heavy (non-hydrogen) atoms. The summed E-state index contributed by atoms with van der Waals surface area (Å²) in [6.07, 6.45) is 1.62. The Morgan fingerprint density at radius 2 is 2.27 bits per heavy atom. The van der Waals surface area contributed by atoms with Gasteiger partial charge in [-0.3, -0.25) is 9.59 Å². The lowest BCUT2D eigenvalue weighted by Crippen LogP contribution is -2.46. The minimum Gasteiger partial charge on any atom is -0.369 e. The molecule has 0 bridgehead atoms. The molecule has 0 aliphatic carbocycles. The number of thioether (sulfide) groups is 1. The van der Waals surface area contributed by atoms with Crippen molar-refractivity contribution in [2.45, 2.75) is 30.8 Å². The van der Waals surface area contributed by atoms with Crippen molar-refractivity contribution >= 4 is 35.2 Å². The van der Waals surface area contributed by atoms with Crippen LogP contribution in [0.4, 0.5) is 0 Å². The van der Waals surface area contributed by atoms with Crippen LogP contribution < -0.4 is 5.73 Å². The van der Waals surface area contributed by atoms with Crippen LogP contribution in [0.5, 0.6) is 0 Å². The molecule has 1 aromatic rings. The Bertz CT molecular complexity index is 553. The molecular formula is C16H21ClN2O2S. The number of likely N-dealkylation sites (tertiary alicyclic amines) is 1. The van der Waals surface area contributed by atoms with E-state index < -0.39 is 0 Å². The van der Waals surface area contributed by atoms with Crippen LogP contribution >= 0.6 is 23.4 Å². The first kappa shape index (κ1) is 17.2. The molecule has 1 fully saturated rings. The predicted molar refractivity (Wildman–Crippen MR) is 90.7 cm³/mol. The van der Waals surface area contributed by atoms with E-state index in [1.807, 2.05) is 31.2 Å². The summed E-state index contributed by atoms with van der Waals surface area (Å²) in [6, 6.07) is 7.66. The zero-order valence-electron chi connectivity index (χ0n) is 12.6. The van der Waals surface area contributed by atoms with E-state index in [0.717, 1.165) is 24.2 Å². The van der Waals surface area contributed by atoms with Crippen LogP contribution in [0.2, 0.25) is 5.02 Å². The maximum atomic E-state index is 12.5. The van der Waals surface area contributed by atoms with Crippen molar-refractivity contribution in [3.05, 3.63) is 34.9 Å². The number of piperidine rings is 1. The molecule has 1 aromatic carbocycles. The molecule has 120 valence electrons. The highest BCUT2D eigenvalue weighted by Gasteiger charge is 2.29. The second kappa shape index (κ2) is 7.88. The van der Waals surface area contributed by atoms with Crippen molar-refractivity contribution < 1.29 is 9.59 Å². The monoisotopic (exact) mass is 340 g/mol. The quantitative estimate of drug-likeness (QED) is 0.896. The van der Waals surface area contributed by atoms with Crippen LogP contribution in [0.25, 0.3) is 0 Å². The first-order valence-electron chi connectivity index (χ1n) is 7.41. The third-order valence-corrected chi connectivity index (χ3v) is 5.31. The molecule has 0 radical (unpaired) electrons. The third kappa shape index (κ3) is 4.65. The SMILES string of the molecule is CC(SCc1cccc(Cl)c1)C(=O)N1CCCC(C(N)=O)C1. The molecule has 0 aromatic heterocycles. The van der Waals surface area contributed by atoms with Gasteiger partial charge in [-0.1, -0.05) is 23.7 Å². The van der Waals surface area contributed by atoms with E-state index in [2.05, 4.69) is 0 Å². The number of hydrogen-bond acceptors (Lipinski definition) is 3. The van der Waals surface area contributed by atoms with Gasteiger partial charge in [0.1, 0.15) is 0 Å². The fourth-order valence-electron chi connectivity index (χ4n) is 2.59. The lowest BCUT2D eigenvalue weighted by Gasteiger charge is -2.32. The second-order valence-corrected chi connectivity index (χ2v) is 7.37. The smallest absolute Gasteiger partial charge is 0.235 e. The topological polar surface area (TPSA) is 63.4 Å². The predicted octanol–water partition coefficient (Wildman–Crippen LogP) is 2.69. The zero-order chi connectivity index (χ0) is 16.1. The summed E-state index contributed by atoms with van der Waals surface area (Å²) < 4.78 is 0. The molecule has 2 unspecified atom stereocenters. The first-order valence-corrected chi connectivity index (χ1v) is 8.84. The van der Waals surface area contributed by atoms with Crippen molar-refractivity contribution in [3.63, 3.8) is 0 Å². The maximum absolute atomic E-state index is 12.5. The average Bonchev–Trinajstić information content (AvgIpc) is 2.52. The van der Waals surface area contributed by atoms with Crippen LogP contribution in [0.15, 0.2) is 24.3 Å². The lowest BCUT2D eigenvalue weighted by atomic mass is 9.97. The van der Waals surface area contributed by atoms with Gasteiger partial charge in [0.2, 0.25) is 11.8 Å². The number of benzene rings is 1. The Morgan fingerprint density at radius 3 is 2.95 bits per heavy atom. The van der Waals surface area contributed by atoms with Crippen LogP contribution in [0, 0.1) is 5.92 Å². The number of primary amides is 1. The van der Waals surface area contributed by atoms with E-state index in [1.165, 1.54) is 0 Å². The molecule has 2 atom stereocenters. The molecule has 1 aliphatic heterocycles. The molecule has 2 N–H and O–H groups in total. The number of hydrogen-bond donors (Lipinski definition) is 1. The number of carbonyl (C=O) groups excluding carboxylic acids is 2. The Hall–Kier alpha value is -1.20. The molecule has 4 nitrogen and oxygen atoms in total.